The number of carbonyl (C=O) groups excluding carboxylic acids is 4. The highest BCUT2D eigenvalue weighted by atomic mass is 16.7. The number of carbonyl (C=O) groups is 4. The lowest BCUT2D eigenvalue weighted by Crippen LogP contribution is -2.59. The highest BCUT2D eigenvalue weighted by Gasteiger charge is 2.46. The van der Waals surface area contributed by atoms with E-state index in [0.717, 1.165) is 11.0 Å². The zero-order valence-corrected chi connectivity index (χ0v) is 29.4. The van der Waals surface area contributed by atoms with Gasteiger partial charge in [0.05, 0.1) is 25.9 Å². The molecule has 3 aliphatic heterocycles. The van der Waals surface area contributed by atoms with Crippen LogP contribution in [-0.2, 0) is 42.8 Å². The van der Waals surface area contributed by atoms with Crippen LogP contribution in [0.1, 0.15) is 16.8 Å². The summed E-state index contributed by atoms with van der Waals surface area (Å²) >= 11 is 0. The Balaban J connectivity index is 1.29. The third-order valence-corrected chi connectivity index (χ3v) is 8.75. The van der Waals surface area contributed by atoms with Crippen molar-refractivity contribution in [2.45, 2.75) is 92.0 Å². The van der Waals surface area contributed by atoms with E-state index in [4.69, 9.17) is 34.2 Å². The van der Waals surface area contributed by atoms with E-state index in [9.17, 15) is 70.2 Å². The number of nitrogens with one attached hydrogen (secondary N) is 3. The van der Waals surface area contributed by atoms with Crippen molar-refractivity contribution in [3.05, 3.63) is 12.2 Å². The fraction of sp³-hybridized carbons (Fsp3) is 0.793. The molecule has 0 spiro atoms. The van der Waals surface area contributed by atoms with Gasteiger partial charge in [0.2, 0.25) is 23.5 Å². The largest absolute Gasteiger partial charge is 0.394 e. The van der Waals surface area contributed by atoms with Crippen molar-refractivity contribution < 1.29 is 98.7 Å². The van der Waals surface area contributed by atoms with E-state index >= 15 is 0 Å². The number of nitrogens with two attached hydrogens (primary N) is 1. The van der Waals surface area contributed by atoms with Gasteiger partial charge >= 0.3 is 0 Å². The van der Waals surface area contributed by atoms with Crippen LogP contribution in [0.4, 0.5) is 0 Å². The molecule has 3 aliphatic rings. The first-order valence-electron chi connectivity index (χ1n) is 17.0. The van der Waals surface area contributed by atoms with Crippen molar-refractivity contribution in [2.24, 2.45) is 5.73 Å². The Kier molecular flexibility index (Phi) is 16.7. The summed E-state index contributed by atoms with van der Waals surface area (Å²) in [6, 6.07) is -1.08. The van der Waals surface area contributed by atoms with E-state index in [0.29, 0.717) is 0 Å². The smallest absolute Gasteiger partial charge is 0.288 e. The van der Waals surface area contributed by atoms with Gasteiger partial charge in [-0.3, -0.25) is 19.2 Å². The van der Waals surface area contributed by atoms with E-state index in [2.05, 4.69) is 26.0 Å². The fourth-order valence-corrected chi connectivity index (χ4v) is 5.61. The first kappa shape index (κ1) is 45.1. The predicted molar refractivity (Wildman–Crippen MR) is 173 cm³/mol. The molecule has 0 bridgehead atoms. The molecule has 4 rings (SSSR count). The molecule has 27 heteroatoms. The highest BCUT2D eigenvalue weighted by Crippen LogP contribution is 2.29. The summed E-state index contributed by atoms with van der Waals surface area (Å²) in [5.41, 5.74) is 5.13. The minimum Gasteiger partial charge on any atom is -0.394 e. The summed E-state index contributed by atoms with van der Waals surface area (Å²) in [5, 5.41) is 111. The SMILES string of the molecule is NC(=O)c1ncn([C@@H]2O[C@H](COCC(=O)NC(CNC(=O)COC3OC(CO)C(O)C(O)C3O)CNC(=O)COC3OC(CO)C(O)C(O)C3O)[C@@H](O)[C@H]2O)n1. The van der Waals surface area contributed by atoms with Gasteiger partial charge in [0.15, 0.2) is 18.8 Å². The molecule has 27 nitrogen and oxygen atoms in total. The Morgan fingerprint density at radius 3 is 1.66 bits per heavy atom. The van der Waals surface area contributed by atoms with E-state index < -0.39 is 155 Å². The van der Waals surface area contributed by atoms with Gasteiger partial charge < -0.3 is 101 Å². The molecular weight excluding hydrogens is 766 g/mol. The number of aromatic nitrogens is 3. The minimum absolute atomic E-state index is 0.365. The van der Waals surface area contributed by atoms with Gasteiger partial charge in [0.25, 0.3) is 5.91 Å². The normalized spacial score (nSPS) is 35.1. The molecule has 56 heavy (non-hydrogen) atoms. The maximum Gasteiger partial charge on any atom is 0.288 e. The van der Waals surface area contributed by atoms with Crippen molar-refractivity contribution in [3.63, 3.8) is 0 Å². The van der Waals surface area contributed by atoms with Crippen molar-refractivity contribution in [2.75, 3.05) is 52.7 Å². The zero-order chi connectivity index (χ0) is 41.3. The molecule has 0 aliphatic carbocycles. The van der Waals surface area contributed by atoms with E-state index in [1.54, 1.807) is 0 Å². The van der Waals surface area contributed by atoms with Crippen LogP contribution in [-0.4, -0.2) is 228 Å². The molecule has 15 N–H and O–H groups in total. The summed E-state index contributed by atoms with van der Waals surface area (Å²) in [5.74, 6) is -3.80. The topological polar surface area (TPSA) is 419 Å². The molecule has 10 unspecified atom stereocenters. The number of ether oxygens (including phenoxy) is 6. The molecule has 3 fully saturated rings. The maximum absolute atomic E-state index is 12.8. The summed E-state index contributed by atoms with van der Waals surface area (Å²) in [7, 11) is 0. The van der Waals surface area contributed by atoms with Crippen LogP contribution in [0.15, 0.2) is 6.33 Å². The van der Waals surface area contributed by atoms with Crippen LogP contribution in [0.2, 0.25) is 0 Å². The molecule has 1 aromatic rings. The summed E-state index contributed by atoms with van der Waals surface area (Å²) in [6.07, 6.45) is -20.7. The number of primary amides is 1. The van der Waals surface area contributed by atoms with Crippen LogP contribution in [0.25, 0.3) is 0 Å². The van der Waals surface area contributed by atoms with Crippen molar-refractivity contribution in [1.29, 1.82) is 0 Å². The van der Waals surface area contributed by atoms with Crippen molar-refractivity contribution in [1.82, 2.24) is 30.7 Å². The molecule has 0 saturated carbocycles. The highest BCUT2D eigenvalue weighted by molar-refractivity contribution is 5.88. The van der Waals surface area contributed by atoms with E-state index in [1.165, 1.54) is 0 Å². The number of aliphatic hydroxyl groups excluding tert-OH is 10. The lowest BCUT2D eigenvalue weighted by Gasteiger charge is -2.39. The predicted octanol–water partition coefficient (Wildman–Crippen LogP) is -10.6. The average Bonchev–Trinajstić information content (AvgIpc) is 3.78. The number of hydrogen-bond acceptors (Lipinski definition) is 22. The second kappa shape index (κ2) is 20.7. The average molecular weight is 814 g/mol. The monoisotopic (exact) mass is 813 g/mol. The minimum atomic E-state index is -1.78. The summed E-state index contributed by atoms with van der Waals surface area (Å²) < 4.78 is 32.6. The quantitative estimate of drug-likeness (QED) is 0.0616. The van der Waals surface area contributed by atoms with Gasteiger partial charge in [0, 0.05) is 13.1 Å². The number of aliphatic hydroxyl groups is 10. The lowest BCUT2D eigenvalue weighted by atomic mass is 9.99. The van der Waals surface area contributed by atoms with Gasteiger partial charge in [-0.15, -0.1) is 5.10 Å². The van der Waals surface area contributed by atoms with Gasteiger partial charge in [-0.25, -0.2) is 9.67 Å². The molecule has 4 amide bonds. The van der Waals surface area contributed by atoms with E-state index in [-0.39, 0.29) is 18.9 Å². The first-order chi connectivity index (χ1) is 26.6. The third kappa shape index (κ3) is 11.5. The molecule has 3 saturated heterocycles. The van der Waals surface area contributed by atoms with Gasteiger partial charge in [0.1, 0.15) is 93.3 Å². The third-order valence-electron chi connectivity index (χ3n) is 8.75. The summed E-state index contributed by atoms with van der Waals surface area (Å²) in [4.78, 5) is 53.0. The van der Waals surface area contributed by atoms with Crippen LogP contribution < -0.4 is 21.7 Å². The number of nitrogens with zero attached hydrogens (tertiary/aromatic N) is 3. The molecule has 14 atom stereocenters. The Morgan fingerprint density at radius 1 is 0.696 bits per heavy atom. The Morgan fingerprint density at radius 2 is 1.20 bits per heavy atom. The Hall–Kier alpha value is -3.62. The second-order valence-corrected chi connectivity index (χ2v) is 12.9. The van der Waals surface area contributed by atoms with Crippen LogP contribution in [0.3, 0.4) is 0 Å². The first-order valence-corrected chi connectivity index (χ1v) is 17.0. The Bertz CT molecular complexity index is 1400. The molecule has 4 heterocycles. The van der Waals surface area contributed by atoms with Crippen molar-refractivity contribution in [3.8, 4) is 0 Å². The zero-order valence-electron chi connectivity index (χ0n) is 29.4. The second-order valence-electron chi connectivity index (χ2n) is 12.9. The molecule has 318 valence electrons. The van der Waals surface area contributed by atoms with Gasteiger partial charge in [-0.2, -0.15) is 0 Å². The van der Waals surface area contributed by atoms with Gasteiger partial charge in [-0.1, -0.05) is 0 Å². The van der Waals surface area contributed by atoms with Crippen molar-refractivity contribution >= 4 is 23.6 Å². The van der Waals surface area contributed by atoms with Crippen LogP contribution in [0.5, 0.6) is 0 Å². The number of amides is 4. The summed E-state index contributed by atoms with van der Waals surface area (Å²) in [6.45, 7) is -4.87. The maximum atomic E-state index is 12.8. The molecule has 0 radical (unpaired) electrons. The standard InChI is InChI=1S/C29H47N7O20/c30-25(50)26-33-9-36(35-26)27-22(47)19(44)13(54-27)5-51-6-16(41)34-10(1-31-14(39)7-52-28-23(48)20(45)17(42)11(3-37)55-28)2-32-15(40)8-53-29-24(49)21(46)18(43)12(4-38)56-29/h9-13,17-24,27-29,37-38,42-49H,1-8H2,(H2,30,50)(H,31,39)(H,32,40)(H,34,41)/t10?,11?,12?,13-,17?,18?,19-,20?,21?,22-,23?,24?,27-,28?,29?/m1/s1. The number of rotatable bonds is 19. The number of hydrogen-bond donors (Lipinski definition) is 14. The van der Waals surface area contributed by atoms with Gasteiger partial charge in [-0.05, 0) is 0 Å². The molecule has 0 aromatic carbocycles. The van der Waals surface area contributed by atoms with Crippen LogP contribution in [0, 0.1) is 0 Å². The fourth-order valence-electron chi connectivity index (χ4n) is 5.61. The Labute approximate surface area is 315 Å². The van der Waals surface area contributed by atoms with Crippen LogP contribution >= 0.6 is 0 Å². The molecule has 1 aromatic heterocycles. The van der Waals surface area contributed by atoms with E-state index in [1.807, 2.05) is 0 Å². The lowest BCUT2D eigenvalue weighted by molar-refractivity contribution is -0.299. The molecular formula is C29H47N7O20.